The summed E-state index contributed by atoms with van der Waals surface area (Å²) in [6.45, 7) is 14.2. The first-order valence-electron chi connectivity index (χ1n) is 9.24. The summed E-state index contributed by atoms with van der Waals surface area (Å²) in [6, 6.07) is 8.23. The number of aliphatic imine (C=N–C) groups is 2. The molecule has 1 aromatic carbocycles. The van der Waals surface area contributed by atoms with Gasteiger partial charge in [0.05, 0.1) is 0 Å². The summed E-state index contributed by atoms with van der Waals surface area (Å²) >= 11 is 6.89. The standard InChI is InChI=1S/C24H28Br2N2/c1-6-22(25)17-28-19(4)12-10-8-9-11-18(3)24(20(5)27-7-2)21-13-15-23(26)16-14-21/h6-7,9,11,13-17H,3-4,8,10,12H2,1-2,5H3/b11-9-,22-6+,24-20+,27-7?,28-17?. The topological polar surface area (TPSA) is 24.7 Å². The van der Waals surface area contributed by atoms with E-state index in [1.54, 1.807) is 6.21 Å². The zero-order valence-corrected chi connectivity index (χ0v) is 20.1. The van der Waals surface area contributed by atoms with Crippen molar-refractivity contribution in [3.8, 4) is 0 Å². The largest absolute Gasteiger partial charge is 0.266 e. The van der Waals surface area contributed by atoms with Crippen LogP contribution in [0.5, 0.6) is 0 Å². The summed E-state index contributed by atoms with van der Waals surface area (Å²) in [4.78, 5) is 8.81. The predicted molar refractivity (Wildman–Crippen MR) is 133 cm³/mol. The molecule has 0 N–H and O–H groups in total. The minimum absolute atomic E-state index is 0.867. The first-order chi connectivity index (χ1) is 13.4. The Morgan fingerprint density at radius 3 is 2.39 bits per heavy atom. The maximum Gasteiger partial charge on any atom is 0.0452 e. The Hall–Kier alpha value is -1.78. The molecule has 0 aliphatic heterocycles. The summed E-state index contributed by atoms with van der Waals surface area (Å²) in [7, 11) is 0. The molecule has 0 heterocycles. The second-order valence-electron chi connectivity index (χ2n) is 6.17. The Morgan fingerprint density at radius 2 is 1.79 bits per heavy atom. The molecular formula is C24H28Br2N2. The molecule has 0 bridgehead atoms. The molecule has 1 rings (SSSR count). The van der Waals surface area contributed by atoms with Gasteiger partial charge in [0.15, 0.2) is 0 Å². The predicted octanol–water partition coefficient (Wildman–Crippen LogP) is 8.44. The van der Waals surface area contributed by atoms with Crippen molar-refractivity contribution < 1.29 is 0 Å². The Balaban J connectivity index is 2.73. The van der Waals surface area contributed by atoms with Gasteiger partial charge in [-0.25, -0.2) is 0 Å². The number of unbranched alkanes of at least 4 members (excludes halogenated alkanes) is 1. The van der Waals surface area contributed by atoms with Crippen molar-refractivity contribution in [3.05, 3.63) is 87.1 Å². The molecule has 148 valence electrons. The van der Waals surface area contributed by atoms with Gasteiger partial charge in [-0.05, 0) is 79.2 Å². The van der Waals surface area contributed by atoms with Gasteiger partial charge in [-0.3, -0.25) is 9.98 Å². The van der Waals surface area contributed by atoms with Crippen molar-refractivity contribution in [2.75, 3.05) is 0 Å². The van der Waals surface area contributed by atoms with Gasteiger partial charge in [0.25, 0.3) is 0 Å². The Morgan fingerprint density at radius 1 is 1.11 bits per heavy atom. The molecule has 0 saturated heterocycles. The van der Waals surface area contributed by atoms with E-state index in [0.29, 0.717) is 0 Å². The highest BCUT2D eigenvalue weighted by Gasteiger charge is 2.08. The second kappa shape index (κ2) is 13.4. The van der Waals surface area contributed by atoms with Crippen LogP contribution in [-0.2, 0) is 0 Å². The maximum atomic E-state index is 4.47. The van der Waals surface area contributed by atoms with Gasteiger partial charge in [-0.2, -0.15) is 0 Å². The quantitative estimate of drug-likeness (QED) is 0.174. The van der Waals surface area contributed by atoms with Crippen LogP contribution in [0.25, 0.3) is 5.57 Å². The van der Waals surface area contributed by atoms with E-state index in [4.69, 9.17) is 0 Å². The number of allylic oxidation sites excluding steroid dienone is 8. The van der Waals surface area contributed by atoms with Crippen molar-refractivity contribution in [1.82, 2.24) is 0 Å². The monoisotopic (exact) mass is 502 g/mol. The number of hydrogen-bond acceptors (Lipinski definition) is 2. The molecule has 0 atom stereocenters. The van der Waals surface area contributed by atoms with Crippen LogP contribution in [0, 0.1) is 0 Å². The SMILES string of the molecule is C=C(CCC/C=C\C(=C)/C(=C(/C)N=CC)c1ccc(Br)cc1)N=C/C(Br)=C\C. The van der Waals surface area contributed by atoms with E-state index < -0.39 is 0 Å². The molecule has 0 radical (unpaired) electrons. The van der Waals surface area contributed by atoms with E-state index in [9.17, 15) is 0 Å². The van der Waals surface area contributed by atoms with Crippen molar-refractivity contribution in [2.45, 2.75) is 40.0 Å². The Kier molecular flexibility index (Phi) is 11.6. The smallest absolute Gasteiger partial charge is 0.0452 e. The maximum absolute atomic E-state index is 4.47. The van der Waals surface area contributed by atoms with Crippen molar-refractivity contribution in [1.29, 1.82) is 0 Å². The lowest BCUT2D eigenvalue weighted by molar-refractivity contribution is 0.828. The fraction of sp³-hybridized carbons (Fsp3) is 0.250. The van der Waals surface area contributed by atoms with Gasteiger partial charge in [0.2, 0.25) is 0 Å². The third kappa shape index (κ3) is 8.94. The lowest BCUT2D eigenvalue weighted by atomic mass is 9.96. The van der Waals surface area contributed by atoms with Crippen molar-refractivity contribution in [3.63, 3.8) is 0 Å². The molecule has 0 aliphatic carbocycles. The number of nitrogens with zero attached hydrogens (tertiary/aromatic N) is 2. The molecule has 0 unspecified atom stereocenters. The molecule has 0 spiro atoms. The summed E-state index contributed by atoms with van der Waals surface area (Å²) in [5.74, 6) is 0. The third-order valence-electron chi connectivity index (χ3n) is 3.94. The minimum Gasteiger partial charge on any atom is -0.266 e. The van der Waals surface area contributed by atoms with Crippen LogP contribution in [0.15, 0.2) is 91.6 Å². The van der Waals surface area contributed by atoms with Gasteiger partial charge in [-0.15, -0.1) is 0 Å². The van der Waals surface area contributed by atoms with E-state index in [1.165, 1.54) is 0 Å². The van der Waals surface area contributed by atoms with Crippen LogP contribution < -0.4 is 0 Å². The lowest BCUT2D eigenvalue weighted by Crippen LogP contribution is -1.91. The minimum atomic E-state index is 0.867. The third-order valence-corrected chi connectivity index (χ3v) is 5.13. The zero-order chi connectivity index (χ0) is 20.9. The van der Waals surface area contributed by atoms with E-state index in [2.05, 4.69) is 79.3 Å². The molecule has 0 aliphatic rings. The first-order valence-corrected chi connectivity index (χ1v) is 10.8. The molecule has 0 amide bonds. The van der Waals surface area contributed by atoms with Crippen LogP contribution in [0.2, 0.25) is 0 Å². The Labute approximate surface area is 186 Å². The highest BCUT2D eigenvalue weighted by atomic mass is 79.9. The van der Waals surface area contributed by atoms with Crippen LogP contribution in [0.3, 0.4) is 0 Å². The van der Waals surface area contributed by atoms with Gasteiger partial charge >= 0.3 is 0 Å². The van der Waals surface area contributed by atoms with Crippen LogP contribution in [0.1, 0.15) is 45.6 Å². The van der Waals surface area contributed by atoms with E-state index >= 15 is 0 Å². The van der Waals surface area contributed by atoms with E-state index in [0.717, 1.165) is 56.3 Å². The summed E-state index contributed by atoms with van der Waals surface area (Å²) in [6.07, 6.45) is 12.6. The second-order valence-corrected chi connectivity index (χ2v) is 8.00. The van der Waals surface area contributed by atoms with Gasteiger partial charge in [0.1, 0.15) is 0 Å². The van der Waals surface area contributed by atoms with Crippen LogP contribution >= 0.6 is 31.9 Å². The highest BCUT2D eigenvalue weighted by molar-refractivity contribution is 9.12. The molecule has 28 heavy (non-hydrogen) atoms. The number of hydrogen-bond donors (Lipinski definition) is 0. The normalized spacial score (nSPS) is 13.5. The van der Waals surface area contributed by atoms with Gasteiger partial charge < -0.3 is 0 Å². The van der Waals surface area contributed by atoms with Crippen LogP contribution in [0.4, 0.5) is 0 Å². The molecule has 1 aromatic rings. The van der Waals surface area contributed by atoms with Crippen molar-refractivity contribution >= 4 is 49.9 Å². The zero-order valence-electron chi connectivity index (χ0n) is 16.9. The lowest BCUT2D eigenvalue weighted by Gasteiger charge is -2.11. The average molecular weight is 504 g/mol. The van der Waals surface area contributed by atoms with Gasteiger partial charge in [-0.1, -0.05) is 59.4 Å². The number of halogens is 2. The van der Waals surface area contributed by atoms with Crippen LogP contribution in [-0.4, -0.2) is 12.4 Å². The molecule has 4 heteroatoms. The van der Waals surface area contributed by atoms with E-state index in [1.807, 2.05) is 45.2 Å². The summed E-state index contributed by atoms with van der Waals surface area (Å²) in [5, 5.41) is 0. The number of benzene rings is 1. The first kappa shape index (κ1) is 24.3. The molecule has 0 aromatic heterocycles. The fourth-order valence-electron chi connectivity index (χ4n) is 2.53. The average Bonchev–Trinajstić information content (AvgIpc) is 2.67. The number of rotatable bonds is 10. The molecule has 2 nitrogen and oxygen atoms in total. The fourth-order valence-corrected chi connectivity index (χ4v) is 2.89. The summed E-state index contributed by atoms with van der Waals surface area (Å²) in [5.41, 5.74) is 4.97. The van der Waals surface area contributed by atoms with Gasteiger partial charge in [0, 0.05) is 38.4 Å². The Bertz CT molecular complexity index is 823. The van der Waals surface area contributed by atoms with Crippen molar-refractivity contribution in [2.24, 2.45) is 9.98 Å². The van der Waals surface area contributed by atoms with E-state index in [-0.39, 0.29) is 0 Å². The molecule has 0 fully saturated rings. The summed E-state index contributed by atoms with van der Waals surface area (Å²) < 4.78 is 2.01. The molecule has 0 saturated carbocycles. The highest BCUT2D eigenvalue weighted by Crippen LogP contribution is 2.28. The molecular weight excluding hydrogens is 476 g/mol.